The van der Waals surface area contributed by atoms with Crippen molar-refractivity contribution in [1.29, 1.82) is 0 Å². The van der Waals surface area contributed by atoms with Crippen LogP contribution in [-0.4, -0.2) is 33.4 Å². The van der Waals surface area contributed by atoms with Crippen molar-refractivity contribution in [2.45, 2.75) is 12.3 Å². The Morgan fingerprint density at radius 1 is 1.45 bits per heavy atom. The van der Waals surface area contributed by atoms with E-state index in [1.54, 1.807) is 0 Å². The van der Waals surface area contributed by atoms with Crippen LogP contribution >= 0.6 is 0 Å². The van der Waals surface area contributed by atoms with Gasteiger partial charge >= 0.3 is 5.69 Å². The first-order chi connectivity index (χ1) is 9.65. The van der Waals surface area contributed by atoms with Crippen molar-refractivity contribution < 1.29 is 19.3 Å². The Bertz CT molecular complexity index is 648. The largest absolute Gasteiger partial charge is 0.502 e. The zero-order valence-electron chi connectivity index (χ0n) is 10.4. The van der Waals surface area contributed by atoms with E-state index in [0.717, 1.165) is 6.42 Å². The number of aromatic hydroxyl groups is 1. The molecule has 1 unspecified atom stereocenters. The van der Waals surface area contributed by atoms with Gasteiger partial charge in [0.1, 0.15) is 0 Å². The van der Waals surface area contributed by atoms with E-state index in [1.807, 2.05) is 0 Å². The molecule has 1 fully saturated rings. The first-order valence-electron chi connectivity index (χ1n) is 6.04. The standard InChI is InChI=1S/C12H11N3O5/c16-10-5-7(1-2-9(10)15(17)18)12-13-11(14-20-12)8-3-4-19-6-8/h1-2,5,8,16H,3-4,6H2. The minimum absolute atomic E-state index is 0.110. The van der Waals surface area contributed by atoms with Crippen LogP contribution < -0.4 is 0 Å². The van der Waals surface area contributed by atoms with Crippen molar-refractivity contribution in [3.8, 4) is 17.2 Å². The molecule has 0 radical (unpaired) electrons. The van der Waals surface area contributed by atoms with Crippen LogP contribution in [0.5, 0.6) is 5.75 Å². The quantitative estimate of drug-likeness (QED) is 0.673. The molecular formula is C12H11N3O5. The van der Waals surface area contributed by atoms with Crippen molar-refractivity contribution >= 4 is 5.69 Å². The zero-order chi connectivity index (χ0) is 14.1. The number of ether oxygens (including phenoxy) is 1. The van der Waals surface area contributed by atoms with E-state index in [2.05, 4.69) is 10.1 Å². The third-order valence-electron chi connectivity index (χ3n) is 3.16. The molecule has 1 aliphatic heterocycles. The number of rotatable bonds is 3. The Kier molecular flexibility index (Phi) is 3.07. The average molecular weight is 277 g/mol. The molecule has 0 bridgehead atoms. The lowest BCUT2D eigenvalue weighted by Gasteiger charge is -1.99. The van der Waals surface area contributed by atoms with Gasteiger partial charge in [-0.15, -0.1) is 0 Å². The molecule has 8 nitrogen and oxygen atoms in total. The number of nitrogens with zero attached hydrogens (tertiary/aromatic N) is 3. The first kappa shape index (κ1) is 12.5. The molecule has 2 heterocycles. The summed E-state index contributed by atoms with van der Waals surface area (Å²) in [6.45, 7) is 1.23. The predicted octanol–water partition coefficient (Wildman–Crippen LogP) is 1.85. The number of phenols is 1. The number of hydrogen-bond donors (Lipinski definition) is 1. The molecule has 1 atom stereocenters. The molecule has 0 amide bonds. The highest BCUT2D eigenvalue weighted by molar-refractivity contribution is 5.61. The second-order valence-electron chi connectivity index (χ2n) is 4.48. The Morgan fingerprint density at radius 3 is 2.95 bits per heavy atom. The zero-order valence-corrected chi connectivity index (χ0v) is 10.4. The second-order valence-corrected chi connectivity index (χ2v) is 4.48. The van der Waals surface area contributed by atoms with Crippen molar-refractivity contribution in [1.82, 2.24) is 10.1 Å². The molecular weight excluding hydrogens is 266 g/mol. The number of hydrogen-bond acceptors (Lipinski definition) is 7. The van der Waals surface area contributed by atoms with E-state index in [4.69, 9.17) is 9.26 Å². The van der Waals surface area contributed by atoms with Crippen LogP contribution in [0.25, 0.3) is 11.5 Å². The first-order valence-corrected chi connectivity index (χ1v) is 6.04. The van der Waals surface area contributed by atoms with Crippen LogP contribution in [0, 0.1) is 10.1 Å². The highest BCUT2D eigenvalue weighted by Gasteiger charge is 2.24. The van der Waals surface area contributed by atoms with Gasteiger partial charge in [-0.3, -0.25) is 10.1 Å². The van der Waals surface area contributed by atoms with Crippen LogP contribution in [0.3, 0.4) is 0 Å². The summed E-state index contributed by atoms with van der Waals surface area (Å²) in [5.41, 5.74) is 0.0726. The normalized spacial score (nSPS) is 18.3. The maximum Gasteiger partial charge on any atom is 0.310 e. The lowest BCUT2D eigenvalue weighted by molar-refractivity contribution is -0.385. The summed E-state index contributed by atoms with van der Waals surface area (Å²) in [7, 11) is 0. The highest BCUT2D eigenvalue weighted by atomic mass is 16.6. The molecule has 1 aliphatic rings. The van der Waals surface area contributed by atoms with E-state index in [1.165, 1.54) is 18.2 Å². The van der Waals surface area contributed by atoms with Crippen LogP contribution in [0.2, 0.25) is 0 Å². The highest BCUT2D eigenvalue weighted by Crippen LogP contribution is 2.31. The Labute approximate surface area is 113 Å². The van der Waals surface area contributed by atoms with Crippen LogP contribution in [0.15, 0.2) is 22.7 Å². The SMILES string of the molecule is O=[N+]([O-])c1ccc(-c2nc(C3CCOC3)no2)cc1O. The van der Waals surface area contributed by atoms with Crippen LogP contribution in [0.1, 0.15) is 18.2 Å². The predicted molar refractivity (Wildman–Crippen MR) is 66.2 cm³/mol. The van der Waals surface area contributed by atoms with E-state index in [-0.39, 0.29) is 17.5 Å². The van der Waals surface area contributed by atoms with Gasteiger partial charge in [-0.1, -0.05) is 5.16 Å². The lowest BCUT2D eigenvalue weighted by Crippen LogP contribution is -1.99. The van der Waals surface area contributed by atoms with E-state index < -0.39 is 10.7 Å². The molecule has 1 aromatic carbocycles. The van der Waals surface area contributed by atoms with E-state index in [9.17, 15) is 15.2 Å². The van der Waals surface area contributed by atoms with Crippen molar-refractivity contribution in [3.05, 3.63) is 34.1 Å². The molecule has 0 aliphatic carbocycles. The van der Waals surface area contributed by atoms with Crippen LogP contribution in [0.4, 0.5) is 5.69 Å². The third-order valence-corrected chi connectivity index (χ3v) is 3.16. The van der Waals surface area contributed by atoms with Crippen molar-refractivity contribution in [2.24, 2.45) is 0 Å². The molecule has 2 aromatic rings. The average Bonchev–Trinajstić information content (AvgIpc) is 3.09. The molecule has 0 spiro atoms. The molecule has 1 N–H and O–H groups in total. The topological polar surface area (TPSA) is 112 Å². The number of phenolic OH excluding ortho intramolecular Hbond substituents is 1. The Hall–Kier alpha value is -2.48. The van der Waals surface area contributed by atoms with Gasteiger partial charge < -0.3 is 14.4 Å². The summed E-state index contributed by atoms with van der Waals surface area (Å²) in [5, 5.41) is 24.1. The van der Waals surface area contributed by atoms with E-state index >= 15 is 0 Å². The van der Waals surface area contributed by atoms with Gasteiger partial charge in [0.05, 0.1) is 11.5 Å². The van der Waals surface area contributed by atoms with Gasteiger partial charge in [-0.05, 0) is 18.6 Å². The molecule has 3 rings (SSSR count). The second kappa shape index (κ2) is 4.89. The van der Waals surface area contributed by atoms with Gasteiger partial charge in [0.2, 0.25) is 0 Å². The summed E-state index contributed by atoms with van der Waals surface area (Å²) < 4.78 is 10.4. The lowest BCUT2D eigenvalue weighted by atomic mass is 10.1. The molecule has 8 heteroatoms. The number of benzene rings is 1. The summed E-state index contributed by atoms with van der Waals surface area (Å²) >= 11 is 0. The summed E-state index contributed by atoms with van der Waals surface area (Å²) in [5.74, 6) is 0.447. The summed E-state index contributed by atoms with van der Waals surface area (Å²) in [6, 6.07) is 3.90. The van der Waals surface area contributed by atoms with Gasteiger partial charge in [0, 0.05) is 24.2 Å². The maximum absolute atomic E-state index is 10.6. The molecule has 0 saturated carbocycles. The van der Waals surface area contributed by atoms with Gasteiger partial charge in [-0.25, -0.2) is 0 Å². The minimum Gasteiger partial charge on any atom is -0.502 e. The fourth-order valence-corrected chi connectivity index (χ4v) is 2.07. The third kappa shape index (κ3) is 2.21. The Balaban J connectivity index is 1.89. The molecule has 104 valence electrons. The fourth-order valence-electron chi connectivity index (χ4n) is 2.07. The smallest absolute Gasteiger partial charge is 0.310 e. The minimum atomic E-state index is -0.659. The van der Waals surface area contributed by atoms with E-state index in [0.29, 0.717) is 24.6 Å². The number of nitro benzene ring substituents is 1. The van der Waals surface area contributed by atoms with Crippen LogP contribution in [-0.2, 0) is 4.74 Å². The van der Waals surface area contributed by atoms with Gasteiger partial charge in [-0.2, -0.15) is 4.98 Å². The van der Waals surface area contributed by atoms with Gasteiger partial charge in [0.15, 0.2) is 11.6 Å². The number of nitro groups is 1. The number of aromatic nitrogens is 2. The van der Waals surface area contributed by atoms with Crippen molar-refractivity contribution in [3.63, 3.8) is 0 Å². The maximum atomic E-state index is 10.6. The van der Waals surface area contributed by atoms with Crippen molar-refractivity contribution in [2.75, 3.05) is 13.2 Å². The fraction of sp³-hybridized carbons (Fsp3) is 0.333. The van der Waals surface area contributed by atoms with Gasteiger partial charge in [0.25, 0.3) is 5.89 Å². The summed E-state index contributed by atoms with van der Waals surface area (Å²) in [6.07, 6.45) is 0.838. The monoisotopic (exact) mass is 277 g/mol. The molecule has 1 aromatic heterocycles. The molecule has 1 saturated heterocycles. The Morgan fingerprint density at radius 2 is 2.30 bits per heavy atom. The summed E-state index contributed by atoms with van der Waals surface area (Å²) in [4.78, 5) is 14.2. The molecule has 20 heavy (non-hydrogen) atoms.